The van der Waals surface area contributed by atoms with E-state index in [1.165, 1.54) is 9.13 Å². The molecule has 4 rings (SSSR count). The van der Waals surface area contributed by atoms with E-state index in [1.807, 2.05) is 43.5 Å². The van der Waals surface area contributed by atoms with E-state index in [1.54, 1.807) is 18.4 Å². The summed E-state index contributed by atoms with van der Waals surface area (Å²) in [6.07, 6.45) is 1.93. The van der Waals surface area contributed by atoms with Crippen molar-refractivity contribution in [1.82, 2.24) is 23.1 Å². The molecule has 0 amide bonds. The van der Waals surface area contributed by atoms with Crippen molar-refractivity contribution in [3.05, 3.63) is 57.4 Å². The molecule has 7 heteroatoms. The van der Waals surface area contributed by atoms with E-state index in [0.29, 0.717) is 30.0 Å². The highest BCUT2D eigenvalue weighted by atomic mass is 16.2. The minimum atomic E-state index is -0.341. The first-order chi connectivity index (χ1) is 12.1. The van der Waals surface area contributed by atoms with Gasteiger partial charge in [0.25, 0.3) is 5.56 Å². The summed E-state index contributed by atoms with van der Waals surface area (Å²) in [5.74, 6) is 0.664. The number of rotatable bonds is 3. The number of benzene rings is 1. The molecule has 0 saturated heterocycles. The van der Waals surface area contributed by atoms with Crippen LogP contribution in [-0.4, -0.2) is 23.1 Å². The monoisotopic (exact) mass is 337 g/mol. The fourth-order valence-electron chi connectivity index (χ4n) is 3.37. The Kier molecular flexibility index (Phi) is 3.38. The first-order valence-corrected chi connectivity index (χ1v) is 8.35. The summed E-state index contributed by atoms with van der Waals surface area (Å²) in [7, 11) is 1.65. The third kappa shape index (κ3) is 2.02. The molecule has 0 saturated carbocycles. The zero-order valence-corrected chi connectivity index (χ0v) is 14.4. The van der Waals surface area contributed by atoms with Gasteiger partial charge in [0, 0.05) is 26.3 Å². The quantitative estimate of drug-likeness (QED) is 0.573. The van der Waals surface area contributed by atoms with Crippen molar-refractivity contribution in [3.63, 3.8) is 0 Å². The zero-order valence-electron chi connectivity index (χ0n) is 14.4. The second kappa shape index (κ2) is 5.47. The molecule has 3 aromatic heterocycles. The zero-order chi connectivity index (χ0) is 17.7. The molecule has 0 atom stereocenters. The van der Waals surface area contributed by atoms with E-state index in [2.05, 4.69) is 9.55 Å². The van der Waals surface area contributed by atoms with Gasteiger partial charge < -0.3 is 4.57 Å². The molecule has 0 spiro atoms. The van der Waals surface area contributed by atoms with Crippen LogP contribution in [0.25, 0.3) is 28.2 Å². The van der Waals surface area contributed by atoms with E-state index < -0.39 is 0 Å². The summed E-state index contributed by atoms with van der Waals surface area (Å²) in [4.78, 5) is 29.8. The SMILES string of the molecule is CCn1c(=O)c2c(nc3n(CC)c(-c4ccccc4)cn23)n(C)c1=O. The van der Waals surface area contributed by atoms with Crippen LogP contribution in [0.2, 0.25) is 0 Å². The van der Waals surface area contributed by atoms with Crippen LogP contribution in [-0.2, 0) is 20.1 Å². The molecule has 7 nitrogen and oxygen atoms in total. The van der Waals surface area contributed by atoms with Crippen LogP contribution in [0.3, 0.4) is 0 Å². The number of hydrogen-bond donors (Lipinski definition) is 0. The van der Waals surface area contributed by atoms with Crippen LogP contribution in [0, 0.1) is 0 Å². The molecule has 128 valence electrons. The van der Waals surface area contributed by atoms with Gasteiger partial charge in [-0.3, -0.25) is 18.3 Å². The smallest absolute Gasteiger partial charge is 0.310 e. The Morgan fingerprint density at radius 3 is 2.32 bits per heavy atom. The fourth-order valence-corrected chi connectivity index (χ4v) is 3.37. The Balaban J connectivity index is 2.18. The Morgan fingerprint density at radius 2 is 1.68 bits per heavy atom. The molecule has 0 unspecified atom stereocenters. The van der Waals surface area contributed by atoms with Crippen molar-refractivity contribution in [2.75, 3.05) is 0 Å². The number of hydrogen-bond acceptors (Lipinski definition) is 3. The fraction of sp³-hybridized carbons (Fsp3) is 0.278. The molecule has 3 heterocycles. The molecular formula is C18H19N5O2. The van der Waals surface area contributed by atoms with Crippen LogP contribution < -0.4 is 11.2 Å². The minimum absolute atomic E-state index is 0.305. The van der Waals surface area contributed by atoms with Gasteiger partial charge in [-0.05, 0) is 19.4 Å². The third-order valence-corrected chi connectivity index (χ3v) is 4.64. The lowest BCUT2D eigenvalue weighted by Crippen LogP contribution is -2.38. The van der Waals surface area contributed by atoms with Gasteiger partial charge in [-0.1, -0.05) is 30.3 Å². The Hall–Kier alpha value is -3.09. The lowest BCUT2D eigenvalue weighted by atomic mass is 10.2. The molecule has 0 fully saturated rings. The number of imidazole rings is 2. The number of aromatic nitrogens is 5. The van der Waals surface area contributed by atoms with E-state index in [9.17, 15) is 9.59 Å². The highest BCUT2D eigenvalue weighted by Gasteiger charge is 2.20. The van der Waals surface area contributed by atoms with Gasteiger partial charge in [0.1, 0.15) is 0 Å². The summed E-state index contributed by atoms with van der Waals surface area (Å²) < 4.78 is 6.53. The molecule has 0 bridgehead atoms. The van der Waals surface area contributed by atoms with Crippen molar-refractivity contribution >= 4 is 16.9 Å². The van der Waals surface area contributed by atoms with Gasteiger partial charge in [0.05, 0.1) is 5.69 Å². The van der Waals surface area contributed by atoms with Crippen LogP contribution >= 0.6 is 0 Å². The summed E-state index contributed by atoms with van der Waals surface area (Å²) in [5, 5.41) is 0. The molecular weight excluding hydrogens is 318 g/mol. The van der Waals surface area contributed by atoms with Crippen LogP contribution in [0.1, 0.15) is 13.8 Å². The molecule has 0 aliphatic heterocycles. The van der Waals surface area contributed by atoms with Crippen molar-refractivity contribution in [2.45, 2.75) is 26.9 Å². The summed E-state index contributed by atoms with van der Waals surface area (Å²) in [5.41, 5.74) is 2.25. The maximum atomic E-state index is 12.8. The van der Waals surface area contributed by atoms with E-state index in [0.717, 1.165) is 11.3 Å². The van der Waals surface area contributed by atoms with E-state index in [4.69, 9.17) is 0 Å². The number of aryl methyl sites for hydroxylation is 2. The van der Waals surface area contributed by atoms with Gasteiger partial charge in [-0.15, -0.1) is 0 Å². The number of nitrogens with zero attached hydrogens (tertiary/aromatic N) is 5. The van der Waals surface area contributed by atoms with Crippen LogP contribution in [0.5, 0.6) is 0 Å². The standard InChI is InChI=1S/C18H19N5O2/c1-4-21-13(12-9-7-6-8-10-12)11-23-14-15(19-17(21)23)20(3)18(25)22(5-2)16(14)24/h6-11H,4-5H2,1-3H3. The maximum absolute atomic E-state index is 12.8. The summed E-state index contributed by atoms with van der Waals surface area (Å²) in [6.45, 7) is 4.86. The minimum Gasteiger partial charge on any atom is -0.310 e. The van der Waals surface area contributed by atoms with Crippen molar-refractivity contribution in [1.29, 1.82) is 0 Å². The van der Waals surface area contributed by atoms with Gasteiger partial charge in [-0.2, -0.15) is 4.98 Å². The Bertz CT molecular complexity index is 1210. The summed E-state index contributed by atoms with van der Waals surface area (Å²) >= 11 is 0. The lowest BCUT2D eigenvalue weighted by molar-refractivity contribution is 0.637. The Labute approximate surface area is 143 Å². The molecule has 25 heavy (non-hydrogen) atoms. The lowest BCUT2D eigenvalue weighted by Gasteiger charge is -2.06. The van der Waals surface area contributed by atoms with Gasteiger partial charge in [0.2, 0.25) is 5.78 Å². The third-order valence-electron chi connectivity index (χ3n) is 4.64. The van der Waals surface area contributed by atoms with E-state index >= 15 is 0 Å². The van der Waals surface area contributed by atoms with Gasteiger partial charge >= 0.3 is 5.69 Å². The molecule has 4 aromatic rings. The Morgan fingerprint density at radius 1 is 1.00 bits per heavy atom. The van der Waals surface area contributed by atoms with Crippen molar-refractivity contribution < 1.29 is 0 Å². The first kappa shape index (κ1) is 15.4. The van der Waals surface area contributed by atoms with Crippen molar-refractivity contribution in [2.24, 2.45) is 7.05 Å². The molecule has 0 aliphatic rings. The second-order valence-electron chi connectivity index (χ2n) is 5.97. The predicted molar refractivity (Wildman–Crippen MR) is 97.0 cm³/mol. The molecule has 0 N–H and O–H groups in total. The largest absolute Gasteiger partial charge is 0.332 e. The maximum Gasteiger partial charge on any atom is 0.332 e. The average molecular weight is 337 g/mol. The van der Waals surface area contributed by atoms with E-state index in [-0.39, 0.29) is 11.2 Å². The molecule has 0 aliphatic carbocycles. The topological polar surface area (TPSA) is 66.2 Å². The van der Waals surface area contributed by atoms with Crippen LogP contribution in [0.15, 0.2) is 46.1 Å². The molecule has 1 aromatic carbocycles. The summed E-state index contributed by atoms with van der Waals surface area (Å²) in [6, 6.07) is 10.00. The van der Waals surface area contributed by atoms with Crippen LogP contribution in [0.4, 0.5) is 0 Å². The highest BCUT2D eigenvalue weighted by molar-refractivity contribution is 5.78. The highest BCUT2D eigenvalue weighted by Crippen LogP contribution is 2.24. The van der Waals surface area contributed by atoms with Gasteiger partial charge in [-0.25, -0.2) is 4.79 Å². The number of fused-ring (bicyclic) bond motifs is 3. The van der Waals surface area contributed by atoms with Crippen molar-refractivity contribution in [3.8, 4) is 11.3 Å². The first-order valence-electron chi connectivity index (χ1n) is 8.35. The predicted octanol–water partition coefficient (Wildman–Crippen LogP) is 1.86. The molecule has 0 radical (unpaired) electrons. The average Bonchev–Trinajstić information content (AvgIpc) is 3.17. The second-order valence-corrected chi connectivity index (χ2v) is 5.97. The van der Waals surface area contributed by atoms with Gasteiger partial charge in [0.15, 0.2) is 11.2 Å². The normalized spacial score (nSPS) is 11.6.